The Labute approximate surface area is 85.6 Å². The summed E-state index contributed by atoms with van der Waals surface area (Å²) in [5.41, 5.74) is 0. The van der Waals surface area contributed by atoms with Gasteiger partial charge in [-0.1, -0.05) is 6.08 Å². The molecule has 0 radical (unpaired) electrons. The second-order valence-corrected chi connectivity index (χ2v) is 3.30. The molecule has 1 saturated heterocycles. The summed E-state index contributed by atoms with van der Waals surface area (Å²) in [7, 11) is 0. The Morgan fingerprint density at radius 3 is 2.71 bits per heavy atom. The highest BCUT2D eigenvalue weighted by Crippen LogP contribution is 1.97. The molecular weight excluding hydrogens is 178 g/mol. The molecule has 1 rings (SSSR count). The number of hydrogen-bond acceptors (Lipinski definition) is 3. The Hall–Kier alpha value is -0.870. The first-order valence-electron chi connectivity index (χ1n) is 5.06. The summed E-state index contributed by atoms with van der Waals surface area (Å²) in [6.45, 7) is 7.56. The molecule has 1 heterocycles. The second kappa shape index (κ2) is 6.56. The maximum atomic E-state index is 7.19. The number of allylic oxidation sites excluding steroid dienone is 1. The van der Waals surface area contributed by atoms with E-state index in [9.17, 15) is 0 Å². The van der Waals surface area contributed by atoms with Crippen LogP contribution in [0.15, 0.2) is 12.3 Å². The lowest BCUT2D eigenvalue weighted by Gasteiger charge is -2.28. The van der Waals surface area contributed by atoms with Crippen molar-refractivity contribution in [3.8, 4) is 0 Å². The van der Waals surface area contributed by atoms with Crippen molar-refractivity contribution in [1.82, 2.24) is 9.80 Å². The molecule has 0 amide bonds. The van der Waals surface area contributed by atoms with E-state index in [-0.39, 0.29) is 0 Å². The highest BCUT2D eigenvalue weighted by Gasteiger charge is 2.09. The fourth-order valence-electron chi connectivity index (χ4n) is 1.46. The summed E-state index contributed by atoms with van der Waals surface area (Å²) in [5.74, 6) is 0. The first-order chi connectivity index (χ1) is 6.86. The number of nitrogens with zero attached hydrogens (tertiary/aromatic N) is 2. The van der Waals surface area contributed by atoms with Crippen LogP contribution in [0.2, 0.25) is 0 Å². The van der Waals surface area contributed by atoms with Gasteiger partial charge < -0.3 is 9.64 Å². The van der Waals surface area contributed by atoms with Crippen LogP contribution in [0.5, 0.6) is 0 Å². The average Bonchev–Trinajstić information content (AvgIpc) is 2.25. The molecule has 80 valence electrons. The lowest BCUT2D eigenvalue weighted by atomic mass is 10.4. The number of hydrogen-bond donors (Lipinski definition) is 1. The van der Waals surface area contributed by atoms with Gasteiger partial charge in [0.15, 0.2) is 0 Å². The van der Waals surface area contributed by atoms with Gasteiger partial charge in [0, 0.05) is 32.4 Å². The molecule has 0 spiro atoms. The Kier molecular flexibility index (Phi) is 5.25. The second-order valence-electron chi connectivity index (χ2n) is 3.30. The quantitative estimate of drug-likeness (QED) is 0.522. The van der Waals surface area contributed by atoms with E-state index in [0.717, 1.165) is 39.4 Å². The zero-order valence-corrected chi connectivity index (χ0v) is 8.78. The fraction of sp³-hybridized carbons (Fsp3) is 0.700. The molecule has 4 nitrogen and oxygen atoms in total. The highest BCUT2D eigenvalue weighted by molar-refractivity contribution is 5.52. The normalized spacial score (nSPS) is 18.6. The first kappa shape index (κ1) is 11.2. The van der Waals surface area contributed by atoms with E-state index in [1.54, 1.807) is 0 Å². The third-order valence-corrected chi connectivity index (χ3v) is 2.28. The Morgan fingerprint density at radius 1 is 1.43 bits per heavy atom. The molecule has 0 aromatic heterocycles. The summed E-state index contributed by atoms with van der Waals surface area (Å²) in [5, 5.41) is 7.19. The molecule has 1 aliphatic rings. The number of morpholine rings is 1. The van der Waals surface area contributed by atoms with Crippen molar-refractivity contribution in [2.75, 3.05) is 39.4 Å². The summed E-state index contributed by atoms with van der Waals surface area (Å²) >= 11 is 0. The van der Waals surface area contributed by atoms with Crippen LogP contribution >= 0.6 is 0 Å². The third kappa shape index (κ3) is 3.89. The highest BCUT2D eigenvalue weighted by atomic mass is 16.5. The summed E-state index contributed by atoms with van der Waals surface area (Å²) in [6, 6.07) is 0. The molecule has 0 aromatic rings. The summed E-state index contributed by atoms with van der Waals surface area (Å²) in [4.78, 5) is 4.25. The van der Waals surface area contributed by atoms with Crippen LogP contribution in [0, 0.1) is 5.41 Å². The van der Waals surface area contributed by atoms with Gasteiger partial charge in [-0.05, 0) is 6.92 Å². The van der Waals surface area contributed by atoms with Crippen molar-refractivity contribution >= 4 is 6.34 Å². The first-order valence-corrected chi connectivity index (χ1v) is 5.06. The molecule has 1 N–H and O–H groups in total. The molecule has 0 bridgehead atoms. The van der Waals surface area contributed by atoms with Crippen molar-refractivity contribution in [1.29, 1.82) is 5.41 Å². The summed E-state index contributed by atoms with van der Waals surface area (Å²) < 4.78 is 5.27. The van der Waals surface area contributed by atoms with Crippen molar-refractivity contribution in [2.45, 2.75) is 6.92 Å². The molecule has 0 aromatic carbocycles. The molecule has 1 aliphatic heterocycles. The van der Waals surface area contributed by atoms with Crippen LogP contribution in [-0.4, -0.2) is 55.5 Å². The van der Waals surface area contributed by atoms with Gasteiger partial charge >= 0.3 is 0 Å². The van der Waals surface area contributed by atoms with Crippen LogP contribution in [0.25, 0.3) is 0 Å². The van der Waals surface area contributed by atoms with Crippen molar-refractivity contribution < 1.29 is 4.74 Å². The smallest absolute Gasteiger partial charge is 0.0857 e. The lowest BCUT2D eigenvalue weighted by molar-refractivity contribution is 0.0370. The number of nitrogens with one attached hydrogen (secondary N) is 1. The van der Waals surface area contributed by atoms with Gasteiger partial charge in [-0.15, -0.1) is 0 Å². The van der Waals surface area contributed by atoms with Crippen molar-refractivity contribution in [2.24, 2.45) is 0 Å². The van der Waals surface area contributed by atoms with Gasteiger partial charge in [0.1, 0.15) is 0 Å². The lowest BCUT2D eigenvalue weighted by Crippen LogP contribution is -2.40. The topological polar surface area (TPSA) is 39.6 Å². The largest absolute Gasteiger partial charge is 0.379 e. The molecular formula is C10H19N3O. The van der Waals surface area contributed by atoms with Gasteiger partial charge in [0.05, 0.1) is 19.6 Å². The SMILES string of the molecule is C/C=C/N(C=N)CCN1CCOCC1. The zero-order chi connectivity index (χ0) is 10.2. The predicted octanol–water partition coefficient (Wildman–Crippen LogP) is 0.761. The van der Waals surface area contributed by atoms with Gasteiger partial charge in [-0.25, -0.2) is 0 Å². The maximum Gasteiger partial charge on any atom is 0.0857 e. The third-order valence-electron chi connectivity index (χ3n) is 2.28. The minimum absolute atomic E-state index is 0.841. The summed E-state index contributed by atoms with van der Waals surface area (Å²) in [6.07, 6.45) is 5.23. The molecule has 4 heteroatoms. The van der Waals surface area contributed by atoms with Crippen molar-refractivity contribution in [3.63, 3.8) is 0 Å². The molecule has 1 fully saturated rings. The molecule has 0 aliphatic carbocycles. The van der Waals surface area contributed by atoms with Gasteiger partial charge in [-0.3, -0.25) is 10.3 Å². The monoisotopic (exact) mass is 197 g/mol. The minimum atomic E-state index is 0.841. The van der Waals surface area contributed by atoms with E-state index in [2.05, 4.69) is 4.90 Å². The van der Waals surface area contributed by atoms with Crippen LogP contribution in [-0.2, 0) is 4.74 Å². The number of rotatable bonds is 5. The average molecular weight is 197 g/mol. The van der Waals surface area contributed by atoms with Crippen LogP contribution in [0.4, 0.5) is 0 Å². The molecule has 0 atom stereocenters. The van der Waals surface area contributed by atoms with E-state index < -0.39 is 0 Å². The Bertz CT molecular complexity index is 188. The standard InChI is InChI=1S/C10H19N3O/c1-2-3-13(10-11)5-4-12-6-8-14-9-7-12/h2-3,10-11H,4-9H2,1H3/b3-2+,11-10?. The zero-order valence-electron chi connectivity index (χ0n) is 8.78. The van der Waals surface area contributed by atoms with Gasteiger partial charge in [-0.2, -0.15) is 0 Å². The maximum absolute atomic E-state index is 7.19. The predicted molar refractivity (Wildman–Crippen MR) is 57.6 cm³/mol. The van der Waals surface area contributed by atoms with Gasteiger partial charge in [0.25, 0.3) is 0 Å². The molecule has 0 unspecified atom stereocenters. The fourth-order valence-corrected chi connectivity index (χ4v) is 1.46. The molecule has 0 saturated carbocycles. The van der Waals surface area contributed by atoms with E-state index in [1.165, 1.54) is 6.34 Å². The van der Waals surface area contributed by atoms with Crippen LogP contribution in [0.1, 0.15) is 6.92 Å². The van der Waals surface area contributed by atoms with E-state index in [0.29, 0.717) is 0 Å². The minimum Gasteiger partial charge on any atom is -0.379 e. The van der Waals surface area contributed by atoms with E-state index in [1.807, 2.05) is 24.1 Å². The van der Waals surface area contributed by atoms with E-state index >= 15 is 0 Å². The van der Waals surface area contributed by atoms with Crippen LogP contribution in [0.3, 0.4) is 0 Å². The van der Waals surface area contributed by atoms with Crippen molar-refractivity contribution in [3.05, 3.63) is 12.3 Å². The molecule has 14 heavy (non-hydrogen) atoms. The van der Waals surface area contributed by atoms with E-state index in [4.69, 9.17) is 10.1 Å². The number of ether oxygens (including phenoxy) is 1. The van der Waals surface area contributed by atoms with Gasteiger partial charge in [0.2, 0.25) is 0 Å². The Balaban J connectivity index is 2.19. The Morgan fingerprint density at radius 2 is 2.14 bits per heavy atom. The van der Waals surface area contributed by atoms with Crippen LogP contribution < -0.4 is 0 Å².